The first-order chi connectivity index (χ1) is 7.99. The van der Waals surface area contributed by atoms with Crippen molar-refractivity contribution in [3.05, 3.63) is 34.3 Å². The molecule has 0 saturated carbocycles. The molecular formula is C9H6F3N3O2. The molecule has 0 aliphatic carbocycles. The highest BCUT2D eigenvalue weighted by molar-refractivity contribution is 5.81. The van der Waals surface area contributed by atoms with E-state index in [-0.39, 0.29) is 16.6 Å². The molecule has 2 rings (SSSR count). The average molecular weight is 245 g/mol. The first kappa shape index (κ1) is 11.4. The summed E-state index contributed by atoms with van der Waals surface area (Å²) in [5.74, 6) is -0.996. The molecule has 1 aromatic carbocycles. The molecule has 1 heterocycles. The number of benzene rings is 1. The Bertz CT molecular complexity index is 582. The molecule has 0 N–H and O–H groups in total. The maximum absolute atomic E-state index is 13.3. The predicted molar refractivity (Wildman–Crippen MR) is 52.3 cm³/mol. The van der Waals surface area contributed by atoms with Gasteiger partial charge in [0, 0.05) is 12.1 Å². The van der Waals surface area contributed by atoms with Crippen molar-refractivity contribution in [2.24, 2.45) is 0 Å². The van der Waals surface area contributed by atoms with Gasteiger partial charge in [-0.1, -0.05) is 0 Å². The second kappa shape index (κ2) is 4.04. The van der Waals surface area contributed by atoms with Crippen molar-refractivity contribution in [3.8, 4) is 0 Å². The summed E-state index contributed by atoms with van der Waals surface area (Å²) in [6.45, 7) is -0.752. The van der Waals surface area contributed by atoms with Gasteiger partial charge in [-0.15, -0.1) is 5.10 Å². The molecule has 1 aromatic heterocycles. The van der Waals surface area contributed by atoms with Crippen LogP contribution in [0.3, 0.4) is 0 Å². The van der Waals surface area contributed by atoms with Gasteiger partial charge in [-0.3, -0.25) is 14.8 Å². The normalized spacial score (nSPS) is 11.3. The highest BCUT2D eigenvalue weighted by Gasteiger charge is 2.16. The van der Waals surface area contributed by atoms with Crippen molar-refractivity contribution < 1.29 is 18.1 Å². The molecule has 0 fully saturated rings. The molecule has 0 radical (unpaired) electrons. The Balaban J connectivity index is 2.57. The average Bonchev–Trinajstić information content (AvgIpc) is 2.54. The Morgan fingerprint density at radius 2 is 2.18 bits per heavy atom. The van der Waals surface area contributed by atoms with E-state index in [0.29, 0.717) is 0 Å². The summed E-state index contributed by atoms with van der Waals surface area (Å²) in [6, 6.07) is 3.29. The molecule has 8 heteroatoms. The van der Waals surface area contributed by atoms with Crippen molar-refractivity contribution in [1.82, 2.24) is 9.78 Å². The number of nitro benzene ring substituents is 1. The fourth-order valence-corrected chi connectivity index (χ4v) is 1.51. The van der Waals surface area contributed by atoms with E-state index < -0.39 is 23.8 Å². The number of fused-ring (bicyclic) bond motifs is 1. The zero-order chi connectivity index (χ0) is 12.6. The van der Waals surface area contributed by atoms with Crippen LogP contribution in [0.1, 0.15) is 0 Å². The minimum atomic E-state index is -2.67. The van der Waals surface area contributed by atoms with Gasteiger partial charge >= 0.3 is 0 Å². The molecule has 0 aliphatic rings. The lowest BCUT2D eigenvalue weighted by atomic mass is 10.2. The van der Waals surface area contributed by atoms with Gasteiger partial charge in [-0.05, 0) is 6.07 Å². The lowest BCUT2D eigenvalue weighted by Gasteiger charge is -2.00. The fourth-order valence-electron chi connectivity index (χ4n) is 1.51. The van der Waals surface area contributed by atoms with Crippen LogP contribution >= 0.6 is 0 Å². The molecule has 0 unspecified atom stereocenters. The first-order valence-electron chi connectivity index (χ1n) is 4.57. The monoisotopic (exact) mass is 245 g/mol. The largest absolute Gasteiger partial charge is 0.270 e. The molecule has 0 spiro atoms. The summed E-state index contributed by atoms with van der Waals surface area (Å²) in [5.41, 5.74) is -0.207. The van der Waals surface area contributed by atoms with E-state index in [1.165, 1.54) is 6.07 Å². The van der Waals surface area contributed by atoms with Crippen molar-refractivity contribution in [2.45, 2.75) is 13.0 Å². The van der Waals surface area contributed by atoms with Crippen molar-refractivity contribution in [2.75, 3.05) is 0 Å². The summed E-state index contributed by atoms with van der Waals surface area (Å²) in [7, 11) is 0. The molecule has 0 saturated heterocycles. The van der Waals surface area contributed by atoms with Crippen molar-refractivity contribution >= 4 is 16.6 Å². The minimum absolute atomic E-state index is 0.105. The topological polar surface area (TPSA) is 61.0 Å². The third-order valence-corrected chi connectivity index (χ3v) is 2.21. The fraction of sp³-hybridized carbons (Fsp3) is 0.222. The molecule has 0 atom stereocenters. The van der Waals surface area contributed by atoms with E-state index in [1.807, 2.05) is 0 Å². The number of halogens is 3. The second-order valence-corrected chi connectivity index (χ2v) is 3.32. The van der Waals surface area contributed by atoms with Crippen LogP contribution in [0, 0.1) is 16.1 Å². The van der Waals surface area contributed by atoms with Crippen LogP contribution in [0.2, 0.25) is 0 Å². The lowest BCUT2D eigenvalue weighted by Crippen LogP contribution is -2.07. The number of alkyl halides is 2. The van der Waals surface area contributed by atoms with E-state index in [0.717, 1.165) is 16.8 Å². The van der Waals surface area contributed by atoms with Crippen LogP contribution in [-0.4, -0.2) is 21.1 Å². The van der Waals surface area contributed by atoms with Crippen molar-refractivity contribution in [1.29, 1.82) is 0 Å². The van der Waals surface area contributed by atoms with Gasteiger partial charge < -0.3 is 0 Å². The third kappa shape index (κ3) is 2.05. The molecule has 0 bridgehead atoms. The van der Waals surface area contributed by atoms with Gasteiger partial charge in [0.15, 0.2) is 0 Å². The molecule has 2 aromatic rings. The Morgan fingerprint density at radius 3 is 2.76 bits per heavy atom. The molecule has 0 amide bonds. The van der Waals surface area contributed by atoms with E-state index in [1.54, 1.807) is 0 Å². The zero-order valence-electron chi connectivity index (χ0n) is 8.31. The molecule has 5 nitrogen and oxygen atoms in total. The molecule has 0 aliphatic heterocycles. The standard InChI is InChI=1S/C9H6F3N3O2/c10-8(11)4-14-7-2-1-5(15(16)17)3-6(7)9(12)13-14/h1-3,8H,4H2. The van der Waals surface area contributed by atoms with Crippen LogP contribution < -0.4 is 0 Å². The van der Waals surface area contributed by atoms with Crippen LogP contribution in [0.5, 0.6) is 0 Å². The van der Waals surface area contributed by atoms with Crippen molar-refractivity contribution in [3.63, 3.8) is 0 Å². The first-order valence-corrected chi connectivity index (χ1v) is 4.57. The number of rotatable bonds is 3. The van der Waals surface area contributed by atoms with Gasteiger partial charge in [0.2, 0.25) is 5.95 Å². The number of hydrogen-bond donors (Lipinski definition) is 0. The van der Waals surface area contributed by atoms with Gasteiger partial charge in [0.05, 0.1) is 15.8 Å². The van der Waals surface area contributed by atoms with Crippen LogP contribution in [-0.2, 0) is 6.54 Å². The molecular weight excluding hydrogens is 239 g/mol. The Labute approximate surface area is 92.6 Å². The van der Waals surface area contributed by atoms with Crippen LogP contribution in [0.25, 0.3) is 10.9 Å². The van der Waals surface area contributed by atoms with Gasteiger partial charge in [0.25, 0.3) is 12.1 Å². The van der Waals surface area contributed by atoms with E-state index in [4.69, 9.17) is 0 Å². The Hall–Kier alpha value is -2.12. The minimum Gasteiger partial charge on any atom is -0.258 e. The number of nitrogens with zero attached hydrogens (tertiary/aromatic N) is 3. The smallest absolute Gasteiger partial charge is 0.258 e. The number of non-ortho nitro benzene ring substituents is 1. The Morgan fingerprint density at radius 1 is 1.47 bits per heavy atom. The number of aromatic nitrogens is 2. The van der Waals surface area contributed by atoms with Gasteiger partial charge in [0.1, 0.15) is 6.54 Å². The maximum atomic E-state index is 13.3. The third-order valence-electron chi connectivity index (χ3n) is 2.21. The Kier molecular flexibility index (Phi) is 2.70. The second-order valence-electron chi connectivity index (χ2n) is 3.32. The maximum Gasteiger partial charge on any atom is 0.270 e. The summed E-state index contributed by atoms with van der Waals surface area (Å²) >= 11 is 0. The van der Waals surface area contributed by atoms with Gasteiger partial charge in [-0.2, -0.15) is 4.39 Å². The summed E-state index contributed by atoms with van der Waals surface area (Å²) in [5, 5.41) is 13.6. The highest BCUT2D eigenvalue weighted by Crippen LogP contribution is 2.23. The van der Waals surface area contributed by atoms with Crippen LogP contribution in [0.4, 0.5) is 18.9 Å². The summed E-state index contributed by atoms with van der Waals surface area (Å²) < 4.78 is 38.4. The molecule has 17 heavy (non-hydrogen) atoms. The summed E-state index contributed by atoms with van der Waals surface area (Å²) in [6.07, 6.45) is -2.67. The number of hydrogen-bond acceptors (Lipinski definition) is 3. The summed E-state index contributed by atoms with van der Waals surface area (Å²) in [4.78, 5) is 9.79. The van der Waals surface area contributed by atoms with E-state index in [2.05, 4.69) is 5.10 Å². The predicted octanol–water partition coefficient (Wildman–Crippen LogP) is 2.35. The van der Waals surface area contributed by atoms with E-state index in [9.17, 15) is 23.3 Å². The van der Waals surface area contributed by atoms with Gasteiger partial charge in [-0.25, -0.2) is 8.78 Å². The zero-order valence-corrected chi connectivity index (χ0v) is 8.31. The molecule has 90 valence electrons. The van der Waals surface area contributed by atoms with E-state index >= 15 is 0 Å². The lowest BCUT2D eigenvalue weighted by molar-refractivity contribution is -0.384. The number of nitro groups is 1. The van der Waals surface area contributed by atoms with Crippen LogP contribution in [0.15, 0.2) is 18.2 Å². The SMILES string of the molecule is O=[N+]([O-])c1ccc2c(c1)c(F)nn2CC(F)F. The quantitative estimate of drug-likeness (QED) is 0.616. The highest BCUT2D eigenvalue weighted by atomic mass is 19.3.